The number of aliphatic hydroxyl groups is 1. The van der Waals surface area contributed by atoms with E-state index in [0.717, 1.165) is 18.0 Å². The molecular weight excluding hydrogens is 324 g/mol. The van der Waals surface area contributed by atoms with Crippen LogP contribution in [0.25, 0.3) is 0 Å². The smallest absolute Gasteiger partial charge is 0.274 e. The predicted octanol–water partition coefficient (Wildman–Crippen LogP) is 1.36. The Morgan fingerprint density at radius 3 is 2.96 bits per heavy atom. The topological polar surface area (TPSA) is 81.2 Å². The van der Waals surface area contributed by atoms with Gasteiger partial charge >= 0.3 is 0 Å². The summed E-state index contributed by atoms with van der Waals surface area (Å²) in [6, 6.07) is 10.2. The molecule has 6 nitrogen and oxygen atoms in total. The first-order valence-corrected chi connectivity index (χ1v) is 8.98. The fraction of sp³-hybridized carbons (Fsp3) is 0.412. The van der Waals surface area contributed by atoms with E-state index in [1.54, 1.807) is 11.8 Å². The number of hydrogen-bond donors (Lipinski definition) is 3. The fourth-order valence-corrected chi connectivity index (χ4v) is 3.99. The number of aromatic amines is 1. The molecule has 0 bridgehead atoms. The molecule has 128 valence electrons. The molecule has 3 N–H and O–H groups in total. The SMILES string of the molecule is CN(CC1CNc2c1nc[nH]c2=O)C(CO)CSc1ccccc1. The van der Waals surface area contributed by atoms with Gasteiger partial charge in [0.1, 0.15) is 5.69 Å². The van der Waals surface area contributed by atoms with E-state index in [2.05, 4.69) is 32.3 Å². The number of fused-ring (bicyclic) bond motifs is 1. The highest BCUT2D eigenvalue weighted by Crippen LogP contribution is 2.27. The van der Waals surface area contributed by atoms with Crippen molar-refractivity contribution >= 4 is 17.4 Å². The fourth-order valence-electron chi connectivity index (χ4n) is 2.89. The molecule has 2 heterocycles. The Morgan fingerprint density at radius 2 is 2.21 bits per heavy atom. The number of hydrogen-bond acceptors (Lipinski definition) is 6. The first-order chi connectivity index (χ1) is 11.7. The molecule has 0 saturated heterocycles. The van der Waals surface area contributed by atoms with E-state index in [1.165, 1.54) is 11.2 Å². The molecule has 2 aromatic rings. The van der Waals surface area contributed by atoms with Crippen LogP contribution in [0.15, 0.2) is 46.3 Å². The standard InChI is InChI=1S/C17H22N4O2S/c1-21(13(9-22)10-24-14-5-3-2-4-6-14)8-12-7-18-16-15(12)19-11-20-17(16)23/h2-6,11-13,18,22H,7-10H2,1H3,(H,19,20,23). The van der Waals surface area contributed by atoms with Crippen LogP contribution in [0.4, 0.5) is 5.69 Å². The summed E-state index contributed by atoms with van der Waals surface area (Å²) in [4.78, 5) is 22.0. The van der Waals surface area contributed by atoms with E-state index >= 15 is 0 Å². The molecule has 2 unspecified atom stereocenters. The van der Waals surface area contributed by atoms with E-state index in [9.17, 15) is 9.90 Å². The van der Waals surface area contributed by atoms with Gasteiger partial charge in [-0.3, -0.25) is 9.69 Å². The Balaban J connectivity index is 1.60. The maximum absolute atomic E-state index is 11.8. The van der Waals surface area contributed by atoms with Crippen LogP contribution in [0.3, 0.4) is 0 Å². The minimum Gasteiger partial charge on any atom is -0.395 e. The van der Waals surface area contributed by atoms with Crippen molar-refractivity contribution in [2.45, 2.75) is 16.9 Å². The Bertz CT molecular complexity index is 722. The van der Waals surface area contributed by atoms with Crippen LogP contribution in [-0.2, 0) is 0 Å². The van der Waals surface area contributed by atoms with Gasteiger partial charge < -0.3 is 15.4 Å². The van der Waals surface area contributed by atoms with Crippen molar-refractivity contribution in [3.05, 3.63) is 52.7 Å². The average molecular weight is 346 g/mol. The molecule has 0 aliphatic carbocycles. The molecule has 1 aliphatic heterocycles. The molecule has 1 aliphatic rings. The number of rotatable bonds is 7. The number of nitrogens with one attached hydrogen (secondary N) is 2. The van der Waals surface area contributed by atoms with Gasteiger partial charge in [0.2, 0.25) is 0 Å². The monoisotopic (exact) mass is 346 g/mol. The quantitative estimate of drug-likeness (QED) is 0.657. The second-order valence-corrected chi connectivity index (χ2v) is 7.06. The van der Waals surface area contributed by atoms with Crippen LogP contribution < -0.4 is 10.9 Å². The van der Waals surface area contributed by atoms with Crippen molar-refractivity contribution < 1.29 is 5.11 Å². The number of nitrogens with zero attached hydrogens (tertiary/aromatic N) is 2. The lowest BCUT2D eigenvalue weighted by atomic mass is 10.1. The van der Waals surface area contributed by atoms with Gasteiger partial charge in [0, 0.05) is 35.7 Å². The van der Waals surface area contributed by atoms with Gasteiger partial charge in [0.25, 0.3) is 5.56 Å². The average Bonchev–Trinajstić information content (AvgIpc) is 3.01. The normalized spacial score (nSPS) is 17.5. The maximum Gasteiger partial charge on any atom is 0.274 e. The van der Waals surface area contributed by atoms with Gasteiger partial charge in [-0.1, -0.05) is 18.2 Å². The van der Waals surface area contributed by atoms with Crippen LogP contribution in [0, 0.1) is 0 Å². The van der Waals surface area contributed by atoms with Crippen molar-refractivity contribution in [1.29, 1.82) is 0 Å². The number of likely N-dealkylation sites (N-methyl/N-ethyl adjacent to an activating group) is 1. The van der Waals surface area contributed by atoms with Crippen LogP contribution in [-0.4, -0.2) is 58.5 Å². The van der Waals surface area contributed by atoms with Gasteiger partial charge in [-0.25, -0.2) is 4.98 Å². The maximum atomic E-state index is 11.8. The summed E-state index contributed by atoms with van der Waals surface area (Å²) in [7, 11) is 2.01. The Kier molecular flexibility index (Phi) is 5.55. The Hall–Kier alpha value is -1.83. The summed E-state index contributed by atoms with van der Waals surface area (Å²) in [6.07, 6.45) is 1.45. The summed E-state index contributed by atoms with van der Waals surface area (Å²) in [5, 5.41) is 12.9. The third-order valence-electron chi connectivity index (χ3n) is 4.32. The van der Waals surface area contributed by atoms with Crippen LogP contribution in [0.5, 0.6) is 0 Å². The molecule has 0 saturated carbocycles. The van der Waals surface area contributed by atoms with E-state index < -0.39 is 0 Å². The molecule has 0 radical (unpaired) electrons. The number of thioether (sulfide) groups is 1. The van der Waals surface area contributed by atoms with Crippen LogP contribution >= 0.6 is 11.8 Å². The second-order valence-electron chi connectivity index (χ2n) is 5.97. The van der Waals surface area contributed by atoms with Gasteiger partial charge in [-0.2, -0.15) is 0 Å². The zero-order chi connectivity index (χ0) is 16.9. The minimum atomic E-state index is -0.122. The first-order valence-electron chi connectivity index (χ1n) is 7.99. The summed E-state index contributed by atoms with van der Waals surface area (Å²) in [5.41, 5.74) is 1.27. The highest BCUT2D eigenvalue weighted by molar-refractivity contribution is 7.99. The molecule has 1 aromatic carbocycles. The molecule has 0 amide bonds. The van der Waals surface area contributed by atoms with Gasteiger partial charge in [0.15, 0.2) is 0 Å². The molecule has 3 rings (SSSR count). The minimum absolute atomic E-state index is 0.0567. The first kappa shape index (κ1) is 17.0. The largest absolute Gasteiger partial charge is 0.395 e. The van der Waals surface area contributed by atoms with Crippen molar-refractivity contribution in [1.82, 2.24) is 14.9 Å². The molecule has 1 aromatic heterocycles. The lowest BCUT2D eigenvalue weighted by molar-refractivity contribution is 0.157. The lowest BCUT2D eigenvalue weighted by Crippen LogP contribution is -2.39. The van der Waals surface area contributed by atoms with E-state index in [-0.39, 0.29) is 24.1 Å². The van der Waals surface area contributed by atoms with Gasteiger partial charge in [0.05, 0.1) is 18.6 Å². The molecule has 0 fully saturated rings. The molecule has 7 heteroatoms. The lowest BCUT2D eigenvalue weighted by Gasteiger charge is -2.28. The van der Waals surface area contributed by atoms with Crippen molar-refractivity contribution in [2.24, 2.45) is 0 Å². The Labute approximate surface area is 145 Å². The van der Waals surface area contributed by atoms with Crippen LogP contribution in [0.2, 0.25) is 0 Å². The Morgan fingerprint density at radius 1 is 1.42 bits per heavy atom. The van der Waals surface area contributed by atoms with E-state index in [0.29, 0.717) is 12.2 Å². The molecular formula is C17H22N4O2S. The second kappa shape index (κ2) is 7.83. The van der Waals surface area contributed by atoms with Crippen LogP contribution in [0.1, 0.15) is 11.6 Å². The van der Waals surface area contributed by atoms with E-state index in [1.807, 2.05) is 25.2 Å². The molecule has 0 spiro atoms. The van der Waals surface area contributed by atoms with Crippen molar-refractivity contribution in [3.63, 3.8) is 0 Å². The summed E-state index contributed by atoms with van der Waals surface area (Å²) in [5.74, 6) is 0.968. The molecule has 2 atom stereocenters. The van der Waals surface area contributed by atoms with Gasteiger partial charge in [-0.15, -0.1) is 11.8 Å². The summed E-state index contributed by atoms with van der Waals surface area (Å²) < 4.78 is 0. The zero-order valence-electron chi connectivity index (χ0n) is 13.6. The highest BCUT2D eigenvalue weighted by Gasteiger charge is 2.28. The number of aromatic nitrogens is 2. The number of aliphatic hydroxyl groups excluding tert-OH is 1. The predicted molar refractivity (Wildman–Crippen MR) is 96.8 cm³/mol. The zero-order valence-corrected chi connectivity index (χ0v) is 14.4. The summed E-state index contributed by atoms with van der Waals surface area (Å²) >= 11 is 1.74. The number of benzene rings is 1. The highest BCUT2D eigenvalue weighted by atomic mass is 32.2. The summed E-state index contributed by atoms with van der Waals surface area (Å²) in [6.45, 7) is 1.55. The third kappa shape index (κ3) is 3.80. The van der Waals surface area contributed by atoms with E-state index in [4.69, 9.17) is 0 Å². The molecule has 24 heavy (non-hydrogen) atoms. The third-order valence-corrected chi connectivity index (χ3v) is 5.48. The van der Waals surface area contributed by atoms with Gasteiger partial charge in [-0.05, 0) is 19.2 Å². The number of anilines is 1. The van der Waals surface area contributed by atoms with Crippen molar-refractivity contribution in [3.8, 4) is 0 Å². The number of H-pyrrole nitrogens is 1. The van der Waals surface area contributed by atoms with Crippen molar-refractivity contribution in [2.75, 3.05) is 37.8 Å².